The first kappa shape index (κ1) is 15.2. The molecule has 1 atom stereocenters. The van der Waals surface area contributed by atoms with Crippen LogP contribution in [-0.2, 0) is 4.79 Å². The third kappa shape index (κ3) is 4.13. The lowest BCUT2D eigenvalue weighted by Crippen LogP contribution is -2.58. The Bertz CT molecular complexity index is 296. The molecular formula is C11H20F3N3O. The largest absolute Gasteiger partial charge is 0.401 e. The third-order valence-corrected chi connectivity index (χ3v) is 3.48. The van der Waals surface area contributed by atoms with Gasteiger partial charge in [-0.25, -0.2) is 0 Å². The number of alkyl halides is 3. The van der Waals surface area contributed by atoms with Crippen LogP contribution in [0, 0.1) is 0 Å². The minimum atomic E-state index is -4.33. The lowest BCUT2D eigenvalue weighted by molar-refractivity contribution is -0.136. The molecule has 0 aromatic carbocycles. The van der Waals surface area contributed by atoms with Crippen molar-refractivity contribution in [2.24, 2.45) is 5.73 Å². The molecule has 18 heavy (non-hydrogen) atoms. The Hall–Kier alpha value is -0.820. The van der Waals surface area contributed by atoms with Crippen LogP contribution in [-0.4, -0.2) is 48.7 Å². The van der Waals surface area contributed by atoms with E-state index in [0.717, 1.165) is 13.1 Å². The second-order valence-corrected chi connectivity index (χ2v) is 4.70. The maximum absolute atomic E-state index is 12.3. The highest BCUT2D eigenvalue weighted by Gasteiger charge is 2.40. The second kappa shape index (κ2) is 5.88. The summed E-state index contributed by atoms with van der Waals surface area (Å²) in [5, 5.41) is 2.33. The third-order valence-electron chi connectivity index (χ3n) is 3.48. The minimum absolute atomic E-state index is 0.326. The quantitative estimate of drug-likeness (QED) is 0.794. The zero-order valence-electron chi connectivity index (χ0n) is 10.5. The normalized spacial score (nSPS) is 26.9. The number of nitrogens with one attached hydrogen (secondary N) is 1. The van der Waals surface area contributed by atoms with Gasteiger partial charge in [0.15, 0.2) is 0 Å². The Morgan fingerprint density at radius 1 is 1.39 bits per heavy atom. The number of rotatable bonds is 4. The van der Waals surface area contributed by atoms with Crippen molar-refractivity contribution in [3.05, 3.63) is 0 Å². The summed E-state index contributed by atoms with van der Waals surface area (Å²) in [5.41, 5.74) is 4.08. The van der Waals surface area contributed by atoms with Crippen molar-refractivity contribution < 1.29 is 18.0 Å². The average Bonchev–Trinajstić information content (AvgIpc) is 2.48. The van der Waals surface area contributed by atoms with Gasteiger partial charge >= 0.3 is 6.18 Å². The highest BCUT2D eigenvalue weighted by molar-refractivity contribution is 5.84. The zero-order chi connectivity index (χ0) is 13.8. The molecule has 0 bridgehead atoms. The van der Waals surface area contributed by atoms with Crippen molar-refractivity contribution in [3.63, 3.8) is 0 Å². The molecule has 1 aliphatic rings. The Balaban J connectivity index is 2.71. The van der Waals surface area contributed by atoms with Crippen LogP contribution in [0.25, 0.3) is 0 Å². The van der Waals surface area contributed by atoms with Crippen LogP contribution in [0.1, 0.15) is 26.2 Å². The summed E-state index contributed by atoms with van der Waals surface area (Å²) in [6.45, 7) is 3.01. The second-order valence-electron chi connectivity index (χ2n) is 4.70. The monoisotopic (exact) mass is 267 g/mol. The van der Waals surface area contributed by atoms with Crippen LogP contribution >= 0.6 is 0 Å². The van der Waals surface area contributed by atoms with Crippen LogP contribution in [0.5, 0.6) is 0 Å². The molecule has 0 radical (unpaired) electrons. The molecule has 1 heterocycles. The van der Waals surface area contributed by atoms with Gasteiger partial charge in [0, 0.05) is 6.54 Å². The number of primary amides is 1. The van der Waals surface area contributed by atoms with Crippen molar-refractivity contribution in [3.8, 4) is 0 Å². The molecule has 1 fully saturated rings. The number of hydrogen-bond donors (Lipinski definition) is 2. The van der Waals surface area contributed by atoms with Crippen LogP contribution < -0.4 is 11.1 Å². The summed E-state index contributed by atoms with van der Waals surface area (Å²) in [7, 11) is 0. The molecule has 1 rings (SSSR count). The van der Waals surface area contributed by atoms with Gasteiger partial charge in [-0.15, -0.1) is 0 Å². The summed E-state index contributed by atoms with van der Waals surface area (Å²) in [6.07, 6.45) is -2.98. The fourth-order valence-corrected chi connectivity index (χ4v) is 2.29. The summed E-state index contributed by atoms with van der Waals surface area (Å²) in [6, 6.07) is 0. The number of carbonyl (C=O) groups is 1. The molecule has 0 saturated carbocycles. The number of amides is 1. The lowest BCUT2D eigenvalue weighted by Gasteiger charge is -2.31. The van der Waals surface area contributed by atoms with E-state index in [2.05, 4.69) is 10.2 Å². The van der Waals surface area contributed by atoms with Crippen LogP contribution in [0.15, 0.2) is 0 Å². The van der Waals surface area contributed by atoms with E-state index in [0.29, 0.717) is 25.8 Å². The highest BCUT2D eigenvalue weighted by Crippen LogP contribution is 2.24. The van der Waals surface area contributed by atoms with Crippen molar-refractivity contribution >= 4 is 5.91 Å². The zero-order valence-corrected chi connectivity index (χ0v) is 10.5. The molecule has 1 unspecified atom stereocenters. The van der Waals surface area contributed by atoms with Gasteiger partial charge in [-0.1, -0.05) is 6.92 Å². The fourth-order valence-electron chi connectivity index (χ4n) is 2.29. The van der Waals surface area contributed by atoms with Gasteiger partial charge < -0.3 is 10.6 Å². The molecule has 0 aliphatic carbocycles. The van der Waals surface area contributed by atoms with Crippen molar-refractivity contribution in [2.75, 3.05) is 26.2 Å². The molecule has 0 aromatic heterocycles. The standard InChI is InChI=1S/C11H20F3N3O/c1-2-17-6-3-4-10(5-7-17,9(15)18)16-8-11(12,13)14/h16H,2-8H2,1H3,(H2,15,18). The van der Waals surface area contributed by atoms with Crippen molar-refractivity contribution in [1.82, 2.24) is 10.2 Å². The van der Waals surface area contributed by atoms with E-state index in [-0.39, 0.29) is 0 Å². The van der Waals surface area contributed by atoms with Crippen LogP contribution in [0.3, 0.4) is 0 Å². The molecule has 7 heteroatoms. The molecule has 106 valence electrons. The molecule has 1 saturated heterocycles. The topological polar surface area (TPSA) is 58.4 Å². The number of hydrogen-bond acceptors (Lipinski definition) is 3. The fraction of sp³-hybridized carbons (Fsp3) is 0.909. The van der Waals surface area contributed by atoms with Gasteiger partial charge in [-0.05, 0) is 32.4 Å². The molecule has 3 N–H and O–H groups in total. The van der Waals surface area contributed by atoms with Gasteiger partial charge in [0.25, 0.3) is 0 Å². The number of likely N-dealkylation sites (tertiary alicyclic amines) is 1. The van der Waals surface area contributed by atoms with E-state index in [1.54, 1.807) is 0 Å². The van der Waals surface area contributed by atoms with Gasteiger partial charge in [0.1, 0.15) is 0 Å². The maximum atomic E-state index is 12.3. The lowest BCUT2D eigenvalue weighted by atomic mass is 9.89. The van der Waals surface area contributed by atoms with E-state index in [1.807, 2.05) is 6.92 Å². The predicted octanol–water partition coefficient (Wildman–Crippen LogP) is 0.868. The van der Waals surface area contributed by atoms with Crippen LogP contribution in [0.4, 0.5) is 13.2 Å². The first-order valence-electron chi connectivity index (χ1n) is 6.13. The first-order chi connectivity index (χ1) is 8.29. The maximum Gasteiger partial charge on any atom is 0.401 e. The van der Waals surface area contributed by atoms with Crippen molar-refractivity contribution in [2.45, 2.75) is 37.9 Å². The Kier molecular flexibility index (Phi) is 4.98. The smallest absolute Gasteiger partial charge is 0.368 e. The molecule has 0 spiro atoms. The van der Waals surface area contributed by atoms with E-state index < -0.39 is 24.2 Å². The van der Waals surface area contributed by atoms with Gasteiger partial charge in [-0.2, -0.15) is 13.2 Å². The van der Waals surface area contributed by atoms with Gasteiger partial charge in [-0.3, -0.25) is 10.1 Å². The number of carbonyl (C=O) groups excluding carboxylic acids is 1. The van der Waals surface area contributed by atoms with Gasteiger partial charge in [0.05, 0.1) is 12.1 Å². The van der Waals surface area contributed by atoms with Gasteiger partial charge in [0.2, 0.25) is 5.91 Å². The molecule has 4 nitrogen and oxygen atoms in total. The molecule has 0 aromatic rings. The average molecular weight is 267 g/mol. The number of nitrogens with two attached hydrogens (primary N) is 1. The van der Waals surface area contributed by atoms with E-state index in [4.69, 9.17) is 5.73 Å². The summed E-state index contributed by atoms with van der Waals surface area (Å²) >= 11 is 0. The minimum Gasteiger partial charge on any atom is -0.368 e. The van der Waals surface area contributed by atoms with E-state index in [1.165, 1.54) is 0 Å². The molecule has 1 amide bonds. The first-order valence-corrected chi connectivity index (χ1v) is 6.13. The number of halogens is 3. The molecule has 1 aliphatic heterocycles. The highest BCUT2D eigenvalue weighted by atomic mass is 19.4. The summed E-state index contributed by atoms with van der Waals surface area (Å²) in [4.78, 5) is 13.6. The van der Waals surface area contributed by atoms with E-state index >= 15 is 0 Å². The Labute approximate surface area is 105 Å². The van der Waals surface area contributed by atoms with Crippen LogP contribution in [0.2, 0.25) is 0 Å². The Morgan fingerprint density at radius 3 is 2.56 bits per heavy atom. The molecular weight excluding hydrogens is 247 g/mol. The Morgan fingerprint density at radius 2 is 2.06 bits per heavy atom. The number of nitrogens with zero attached hydrogens (tertiary/aromatic N) is 1. The summed E-state index contributed by atoms with van der Waals surface area (Å²) < 4.78 is 36.8. The SMILES string of the molecule is CCN1CCCC(NCC(F)(F)F)(C(N)=O)CC1. The summed E-state index contributed by atoms with van der Waals surface area (Å²) in [5.74, 6) is -0.690. The van der Waals surface area contributed by atoms with E-state index in [9.17, 15) is 18.0 Å². The van der Waals surface area contributed by atoms with Crippen molar-refractivity contribution in [1.29, 1.82) is 0 Å². The predicted molar refractivity (Wildman–Crippen MR) is 61.9 cm³/mol.